The summed E-state index contributed by atoms with van der Waals surface area (Å²) in [5.41, 5.74) is 0.932. The molecule has 1 saturated heterocycles. The molecule has 0 aliphatic carbocycles. The summed E-state index contributed by atoms with van der Waals surface area (Å²) >= 11 is 1.61. The number of piperazine rings is 1. The molecule has 1 fully saturated rings. The van der Waals surface area contributed by atoms with Crippen molar-refractivity contribution in [2.75, 3.05) is 49.5 Å². The third kappa shape index (κ3) is 6.41. The molecular formula is C25H28N6O2S. The van der Waals surface area contributed by atoms with Gasteiger partial charge in [-0.15, -0.1) is 11.3 Å². The van der Waals surface area contributed by atoms with E-state index in [-0.39, 0.29) is 11.8 Å². The average molecular weight is 477 g/mol. The molecule has 2 N–H and O–H groups in total. The van der Waals surface area contributed by atoms with Gasteiger partial charge in [-0.25, -0.2) is 9.97 Å². The number of thiophene rings is 1. The number of hydrogen-bond acceptors (Lipinski definition) is 7. The number of carbonyl (C=O) groups excluding carboxylic acids is 2. The monoisotopic (exact) mass is 476 g/mol. The van der Waals surface area contributed by atoms with E-state index < -0.39 is 0 Å². The van der Waals surface area contributed by atoms with Crippen molar-refractivity contribution < 1.29 is 9.59 Å². The number of hydrogen-bond donors (Lipinski definition) is 2. The van der Waals surface area contributed by atoms with Gasteiger partial charge in [0.15, 0.2) is 5.82 Å². The lowest BCUT2D eigenvalue weighted by Crippen LogP contribution is -2.48. The Morgan fingerprint density at radius 3 is 2.53 bits per heavy atom. The van der Waals surface area contributed by atoms with Crippen LogP contribution in [0, 0.1) is 0 Å². The summed E-state index contributed by atoms with van der Waals surface area (Å²) in [6.07, 6.45) is 3.52. The van der Waals surface area contributed by atoms with Crippen LogP contribution in [0.3, 0.4) is 0 Å². The number of rotatable bonds is 8. The lowest BCUT2D eigenvalue weighted by atomic mass is 10.2. The number of amides is 2. The van der Waals surface area contributed by atoms with Gasteiger partial charge in [0.2, 0.25) is 11.8 Å². The van der Waals surface area contributed by atoms with E-state index in [1.165, 1.54) is 6.92 Å². The van der Waals surface area contributed by atoms with Crippen molar-refractivity contribution >= 4 is 40.9 Å². The molecular weight excluding hydrogens is 448 g/mol. The Hall–Kier alpha value is -3.72. The zero-order valence-electron chi connectivity index (χ0n) is 19.1. The number of aromatic nitrogens is 2. The summed E-state index contributed by atoms with van der Waals surface area (Å²) in [4.78, 5) is 38.3. The number of nitrogens with one attached hydrogen (secondary N) is 2. The van der Waals surface area contributed by atoms with E-state index in [1.54, 1.807) is 17.4 Å². The maximum Gasteiger partial charge on any atom is 0.246 e. The van der Waals surface area contributed by atoms with Crippen molar-refractivity contribution in [1.29, 1.82) is 0 Å². The van der Waals surface area contributed by atoms with E-state index in [0.29, 0.717) is 50.9 Å². The Kier molecular flexibility index (Phi) is 7.87. The molecule has 2 aromatic heterocycles. The summed E-state index contributed by atoms with van der Waals surface area (Å²) in [7, 11) is 0. The zero-order chi connectivity index (χ0) is 23.8. The van der Waals surface area contributed by atoms with Crippen LogP contribution in [0.15, 0.2) is 60.0 Å². The number of benzene rings is 1. The second-order valence-electron chi connectivity index (χ2n) is 7.87. The van der Waals surface area contributed by atoms with Gasteiger partial charge in [0.25, 0.3) is 0 Å². The van der Waals surface area contributed by atoms with Crippen LogP contribution in [0.4, 0.5) is 11.6 Å². The number of nitrogens with zero attached hydrogens (tertiary/aromatic N) is 4. The third-order valence-corrected chi connectivity index (χ3v) is 6.24. The van der Waals surface area contributed by atoms with Crippen LogP contribution in [0.1, 0.15) is 11.8 Å². The van der Waals surface area contributed by atoms with E-state index in [9.17, 15) is 9.59 Å². The lowest BCUT2D eigenvalue weighted by Gasteiger charge is -2.35. The molecule has 8 nitrogen and oxygen atoms in total. The van der Waals surface area contributed by atoms with Crippen molar-refractivity contribution in [3.63, 3.8) is 0 Å². The Bertz CT molecular complexity index is 1130. The Balaban J connectivity index is 1.44. The van der Waals surface area contributed by atoms with E-state index in [4.69, 9.17) is 4.98 Å². The first-order chi connectivity index (χ1) is 16.6. The van der Waals surface area contributed by atoms with E-state index in [2.05, 4.69) is 20.5 Å². The summed E-state index contributed by atoms with van der Waals surface area (Å²) in [6.45, 7) is 5.20. The third-order valence-electron chi connectivity index (χ3n) is 5.40. The molecule has 1 aliphatic heterocycles. The number of carbonyl (C=O) groups is 2. The number of anilines is 2. The molecule has 0 spiro atoms. The van der Waals surface area contributed by atoms with Gasteiger partial charge in [-0.05, 0) is 17.5 Å². The Labute approximate surface area is 203 Å². The second-order valence-corrected chi connectivity index (χ2v) is 8.85. The Morgan fingerprint density at radius 2 is 1.82 bits per heavy atom. The maximum absolute atomic E-state index is 12.6. The first-order valence-corrected chi connectivity index (χ1v) is 12.1. The fraction of sp³-hybridized carbons (Fsp3) is 0.280. The van der Waals surface area contributed by atoms with Gasteiger partial charge in [-0.1, -0.05) is 36.4 Å². The summed E-state index contributed by atoms with van der Waals surface area (Å²) < 4.78 is 0. The molecule has 0 unspecified atom stereocenters. The minimum Gasteiger partial charge on any atom is -0.368 e. The van der Waals surface area contributed by atoms with Gasteiger partial charge >= 0.3 is 0 Å². The topological polar surface area (TPSA) is 90.5 Å². The van der Waals surface area contributed by atoms with Crippen LogP contribution in [0.2, 0.25) is 0 Å². The quantitative estimate of drug-likeness (QED) is 0.384. The predicted octanol–water partition coefficient (Wildman–Crippen LogP) is 3.12. The first kappa shape index (κ1) is 23.4. The first-order valence-electron chi connectivity index (χ1n) is 11.3. The molecule has 1 aliphatic rings. The molecule has 3 heterocycles. The normalized spacial score (nSPS) is 13.8. The van der Waals surface area contributed by atoms with Crippen molar-refractivity contribution in [3.8, 4) is 11.4 Å². The molecule has 176 valence electrons. The van der Waals surface area contributed by atoms with Gasteiger partial charge in [-0.3, -0.25) is 9.59 Å². The van der Waals surface area contributed by atoms with E-state index in [1.807, 2.05) is 64.9 Å². The van der Waals surface area contributed by atoms with Crippen LogP contribution < -0.4 is 15.5 Å². The van der Waals surface area contributed by atoms with Gasteiger partial charge < -0.3 is 20.4 Å². The van der Waals surface area contributed by atoms with Gasteiger partial charge in [0, 0.05) is 68.8 Å². The average Bonchev–Trinajstić information content (AvgIpc) is 3.39. The van der Waals surface area contributed by atoms with Crippen LogP contribution in [0.25, 0.3) is 17.5 Å². The smallest absolute Gasteiger partial charge is 0.246 e. The minimum atomic E-state index is -0.0622. The molecule has 4 rings (SSSR count). The van der Waals surface area contributed by atoms with Crippen LogP contribution in [-0.2, 0) is 9.59 Å². The SMILES string of the molecule is CC(=O)NCCNc1cc(N2CCN(C(=O)C=Cc3cccs3)CC2)nc(-c2ccccc2)n1. The molecule has 1 aromatic carbocycles. The fourth-order valence-electron chi connectivity index (χ4n) is 3.63. The molecule has 0 atom stereocenters. The summed E-state index contributed by atoms with van der Waals surface area (Å²) in [5, 5.41) is 8.06. The summed E-state index contributed by atoms with van der Waals surface area (Å²) in [5.74, 6) is 2.12. The predicted molar refractivity (Wildman–Crippen MR) is 137 cm³/mol. The molecule has 2 amide bonds. The van der Waals surface area contributed by atoms with E-state index >= 15 is 0 Å². The van der Waals surface area contributed by atoms with Crippen LogP contribution in [-0.4, -0.2) is 66.0 Å². The fourth-order valence-corrected chi connectivity index (χ4v) is 4.25. The molecule has 0 bridgehead atoms. The highest BCUT2D eigenvalue weighted by molar-refractivity contribution is 7.10. The second kappa shape index (κ2) is 11.4. The van der Waals surface area contributed by atoms with Crippen molar-refractivity contribution in [2.45, 2.75) is 6.92 Å². The minimum absolute atomic E-state index is 0.0287. The van der Waals surface area contributed by atoms with Crippen molar-refractivity contribution in [2.24, 2.45) is 0 Å². The highest BCUT2D eigenvalue weighted by Gasteiger charge is 2.22. The zero-order valence-corrected chi connectivity index (χ0v) is 19.9. The largest absolute Gasteiger partial charge is 0.368 e. The van der Waals surface area contributed by atoms with Gasteiger partial charge in [0.05, 0.1) is 0 Å². The van der Waals surface area contributed by atoms with Crippen LogP contribution in [0.5, 0.6) is 0 Å². The molecule has 9 heteroatoms. The summed E-state index contributed by atoms with van der Waals surface area (Å²) in [6, 6.07) is 15.7. The standard InChI is InChI=1S/C25H28N6O2S/c1-19(32)26-11-12-27-22-18-23(29-25(28-22)20-6-3-2-4-7-20)30-13-15-31(16-14-30)24(33)10-9-21-8-5-17-34-21/h2-10,17-18H,11-16H2,1H3,(H,26,32)(H,27,28,29). The van der Waals surface area contributed by atoms with Gasteiger partial charge in [-0.2, -0.15) is 0 Å². The molecule has 34 heavy (non-hydrogen) atoms. The van der Waals surface area contributed by atoms with Crippen LogP contribution >= 0.6 is 11.3 Å². The lowest BCUT2D eigenvalue weighted by molar-refractivity contribution is -0.126. The molecule has 3 aromatic rings. The Morgan fingerprint density at radius 1 is 1.03 bits per heavy atom. The van der Waals surface area contributed by atoms with Crippen molar-refractivity contribution in [1.82, 2.24) is 20.2 Å². The van der Waals surface area contributed by atoms with E-state index in [0.717, 1.165) is 16.3 Å². The highest BCUT2D eigenvalue weighted by atomic mass is 32.1. The highest BCUT2D eigenvalue weighted by Crippen LogP contribution is 2.23. The maximum atomic E-state index is 12.6. The van der Waals surface area contributed by atoms with Crippen molar-refractivity contribution in [3.05, 3.63) is 64.9 Å². The molecule has 0 saturated carbocycles. The molecule has 0 radical (unpaired) electrons. The van der Waals surface area contributed by atoms with Gasteiger partial charge in [0.1, 0.15) is 11.6 Å².